The van der Waals surface area contributed by atoms with Gasteiger partial charge in [-0.2, -0.15) is 12.6 Å². The van der Waals surface area contributed by atoms with Crippen molar-refractivity contribution in [2.45, 2.75) is 6.92 Å². The molecule has 0 aliphatic carbocycles. The number of rotatable bonds is 5. The van der Waals surface area contributed by atoms with Gasteiger partial charge < -0.3 is 9.47 Å². The third-order valence-corrected chi connectivity index (χ3v) is 1.08. The predicted molar refractivity (Wildman–Crippen MR) is 47.1 cm³/mol. The summed E-state index contributed by atoms with van der Waals surface area (Å²) in [5.41, 5.74) is 0. The number of hydrogen-bond donors (Lipinski definition) is 1. The summed E-state index contributed by atoms with van der Waals surface area (Å²) in [6.45, 7) is 3.34. The van der Waals surface area contributed by atoms with Gasteiger partial charge in [0.1, 0.15) is 6.61 Å². The van der Waals surface area contributed by atoms with Gasteiger partial charge in [0, 0.05) is 6.61 Å². The van der Waals surface area contributed by atoms with Crippen LogP contribution in [0.2, 0.25) is 0 Å². The zero-order chi connectivity index (χ0) is 7.82. The van der Waals surface area contributed by atoms with Gasteiger partial charge in [-0.1, -0.05) is 0 Å². The molecule has 11 heavy (non-hydrogen) atoms. The fraction of sp³-hybridized carbons (Fsp3) is 0.833. The predicted octanol–water partition coefficient (Wildman–Crippen LogP) is 0.115. The minimum atomic E-state index is -0.303. The van der Waals surface area contributed by atoms with Crippen molar-refractivity contribution in [1.29, 1.82) is 0 Å². The van der Waals surface area contributed by atoms with E-state index in [0.717, 1.165) is 0 Å². The molecule has 0 aliphatic heterocycles. The fourth-order valence-corrected chi connectivity index (χ4v) is 0.496. The number of esters is 1. The maximum atomic E-state index is 10.4. The number of carbonyl (C=O) groups is 1. The SMILES string of the molecule is CCOCCOC(=O)CS.[Sb+5]. The Morgan fingerprint density at radius 3 is 2.55 bits per heavy atom. The van der Waals surface area contributed by atoms with Crippen LogP contribution in [0, 0.1) is 0 Å². The largest absolute Gasteiger partial charge is 5.00 e. The molecule has 0 spiro atoms. The van der Waals surface area contributed by atoms with Crippen molar-refractivity contribution in [3.05, 3.63) is 0 Å². The number of carbonyl (C=O) groups excluding carboxylic acids is 1. The van der Waals surface area contributed by atoms with Gasteiger partial charge in [-0.05, 0) is 6.92 Å². The van der Waals surface area contributed by atoms with E-state index >= 15 is 0 Å². The standard InChI is InChI=1S/C6H12O3S.Sb/c1-2-8-3-4-9-6(7)5-10;/h10H,2-5H2,1H3;/q;+5. The van der Waals surface area contributed by atoms with Crippen molar-refractivity contribution < 1.29 is 14.3 Å². The van der Waals surface area contributed by atoms with Crippen LogP contribution in [-0.2, 0) is 14.3 Å². The Labute approximate surface area is 89.7 Å². The molecule has 0 amide bonds. The second-order valence-electron chi connectivity index (χ2n) is 1.58. The van der Waals surface area contributed by atoms with Crippen LogP contribution < -0.4 is 0 Å². The molecule has 0 aromatic carbocycles. The summed E-state index contributed by atoms with van der Waals surface area (Å²) in [7, 11) is 0. The first kappa shape index (κ1) is 14.1. The molecule has 0 saturated carbocycles. The monoisotopic (exact) mass is 285 g/mol. The molecule has 0 unspecified atom stereocenters. The zero-order valence-corrected chi connectivity index (χ0v) is 9.89. The molecule has 0 heterocycles. The van der Waals surface area contributed by atoms with E-state index in [9.17, 15) is 4.79 Å². The first-order chi connectivity index (χ1) is 4.81. The van der Waals surface area contributed by atoms with Crippen molar-refractivity contribution in [3.8, 4) is 0 Å². The molecule has 0 atom stereocenters. The van der Waals surface area contributed by atoms with Crippen LogP contribution >= 0.6 is 12.6 Å². The van der Waals surface area contributed by atoms with Crippen LogP contribution in [0.3, 0.4) is 0 Å². The molecule has 0 saturated heterocycles. The molecular formula is C6H12O3SSb+5. The minimum Gasteiger partial charge on any atom is -0.463 e. The molecule has 5 heteroatoms. The van der Waals surface area contributed by atoms with E-state index in [1.807, 2.05) is 6.92 Å². The zero-order valence-electron chi connectivity index (χ0n) is 6.45. The van der Waals surface area contributed by atoms with Gasteiger partial charge in [0.25, 0.3) is 0 Å². The minimum absolute atomic E-state index is 0. The normalized spacial score (nSPS) is 8.55. The van der Waals surface area contributed by atoms with E-state index in [1.54, 1.807) is 0 Å². The van der Waals surface area contributed by atoms with E-state index in [4.69, 9.17) is 4.74 Å². The molecule has 0 aromatic heterocycles. The van der Waals surface area contributed by atoms with Crippen LogP contribution in [0.15, 0.2) is 0 Å². The summed E-state index contributed by atoms with van der Waals surface area (Å²) < 4.78 is 9.58. The Morgan fingerprint density at radius 2 is 2.09 bits per heavy atom. The van der Waals surface area contributed by atoms with Crippen LogP contribution in [0.1, 0.15) is 6.92 Å². The third-order valence-electron chi connectivity index (χ3n) is 0.824. The molecule has 3 nitrogen and oxygen atoms in total. The second-order valence-corrected chi connectivity index (χ2v) is 1.89. The summed E-state index contributed by atoms with van der Waals surface area (Å²) in [6.07, 6.45) is 0. The van der Waals surface area contributed by atoms with Gasteiger partial charge >= 0.3 is 30.4 Å². The van der Waals surface area contributed by atoms with Crippen molar-refractivity contribution in [3.63, 3.8) is 0 Å². The summed E-state index contributed by atoms with van der Waals surface area (Å²) in [4.78, 5) is 10.4. The first-order valence-electron chi connectivity index (χ1n) is 3.15. The van der Waals surface area contributed by atoms with E-state index in [0.29, 0.717) is 19.8 Å². The van der Waals surface area contributed by atoms with E-state index in [1.165, 1.54) is 0 Å². The van der Waals surface area contributed by atoms with Crippen molar-refractivity contribution >= 4 is 43.0 Å². The van der Waals surface area contributed by atoms with Gasteiger partial charge in [-0.15, -0.1) is 0 Å². The maximum absolute atomic E-state index is 10.4. The van der Waals surface area contributed by atoms with Gasteiger partial charge in [-0.25, -0.2) is 0 Å². The average molecular weight is 286 g/mol. The van der Waals surface area contributed by atoms with Crippen LogP contribution in [0.25, 0.3) is 0 Å². The smallest absolute Gasteiger partial charge is 0.463 e. The molecule has 0 fully saturated rings. The number of thiol groups is 1. The average Bonchev–Trinajstić information content (AvgIpc) is 1.98. The van der Waals surface area contributed by atoms with Crippen LogP contribution in [0.5, 0.6) is 0 Å². The topological polar surface area (TPSA) is 35.5 Å². The van der Waals surface area contributed by atoms with E-state index in [2.05, 4.69) is 17.4 Å². The Hall–Kier alpha value is 0.598. The second kappa shape index (κ2) is 10.6. The summed E-state index contributed by atoms with van der Waals surface area (Å²) in [5, 5.41) is 0. The van der Waals surface area contributed by atoms with Gasteiger partial charge in [-0.3, -0.25) is 4.79 Å². The summed E-state index contributed by atoms with van der Waals surface area (Å²) >= 11 is 3.73. The Balaban J connectivity index is 0. The third kappa shape index (κ3) is 10.6. The van der Waals surface area contributed by atoms with Gasteiger partial charge in [0.05, 0.1) is 12.4 Å². The maximum Gasteiger partial charge on any atom is 5.00 e. The molecule has 0 bridgehead atoms. The molecule has 0 aromatic rings. The van der Waals surface area contributed by atoms with Gasteiger partial charge in [0.15, 0.2) is 0 Å². The van der Waals surface area contributed by atoms with Crippen LogP contribution in [-0.4, -0.2) is 56.0 Å². The molecule has 0 rings (SSSR count). The molecule has 60 valence electrons. The molecule has 0 aliphatic rings. The first-order valence-corrected chi connectivity index (χ1v) is 3.78. The molecule has 0 N–H and O–H groups in total. The van der Waals surface area contributed by atoms with E-state index < -0.39 is 0 Å². The Morgan fingerprint density at radius 1 is 1.45 bits per heavy atom. The summed E-state index contributed by atoms with van der Waals surface area (Å²) in [5.74, 6) is -0.172. The van der Waals surface area contributed by atoms with Crippen LogP contribution in [0.4, 0.5) is 0 Å². The Kier molecular flexibility index (Phi) is 13.6. The summed E-state index contributed by atoms with van der Waals surface area (Å²) in [6, 6.07) is 0. The van der Waals surface area contributed by atoms with Gasteiger partial charge in [0.2, 0.25) is 0 Å². The van der Waals surface area contributed by atoms with E-state index in [-0.39, 0.29) is 36.2 Å². The van der Waals surface area contributed by atoms with Crippen molar-refractivity contribution in [2.75, 3.05) is 25.6 Å². The number of hydrogen-bond acceptors (Lipinski definition) is 4. The van der Waals surface area contributed by atoms with Crippen molar-refractivity contribution in [1.82, 2.24) is 0 Å². The molecule has 0 radical (unpaired) electrons. The number of ether oxygens (including phenoxy) is 2. The quantitative estimate of drug-likeness (QED) is 0.337. The van der Waals surface area contributed by atoms with Crippen molar-refractivity contribution in [2.24, 2.45) is 0 Å². The Bertz CT molecular complexity index is 99.8. The molecular weight excluding hydrogens is 274 g/mol. The fourth-order valence-electron chi connectivity index (χ4n) is 0.404.